The molecule has 0 unspecified atom stereocenters. The summed E-state index contributed by atoms with van der Waals surface area (Å²) in [5.41, 5.74) is 1.74. The van der Waals surface area contributed by atoms with Crippen LogP contribution in [0, 0.1) is 0 Å². The van der Waals surface area contributed by atoms with Crippen molar-refractivity contribution >= 4 is 41.0 Å². The number of H-pyrrole nitrogens is 2. The zero-order chi connectivity index (χ0) is 43.5. The number of benzene rings is 2. The Labute approximate surface area is 381 Å². The topological polar surface area (TPSA) is 266 Å². The summed E-state index contributed by atoms with van der Waals surface area (Å²) in [6.45, 7) is 4.08. The van der Waals surface area contributed by atoms with Crippen LogP contribution in [0.15, 0.2) is 80.5 Å². The Morgan fingerprint density at radius 2 is 0.985 bits per heavy atom. The number of carbonyl (C=O) groups excluding carboxylic acids is 2. The molecule has 0 saturated carbocycles. The number of rotatable bonds is 28. The molecule has 0 bridgehead atoms. The maximum atomic E-state index is 12.9. The Balaban J connectivity index is 0.0000102. The number of ether oxygens (including phenoxy) is 7. The van der Waals surface area contributed by atoms with E-state index < -0.39 is 23.2 Å². The van der Waals surface area contributed by atoms with Gasteiger partial charge in [-0.15, -0.1) is 0 Å². The summed E-state index contributed by atoms with van der Waals surface area (Å²) >= 11 is 0. The van der Waals surface area contributed by atoms with Crippen LogP contribution in [0.1, 0.15) is 41.1 Å². The van der Waals surface area contributed by atoms with E-state index in [1.807, 2.05) is 17.0 Å². The normalized spacial score (nSPS) is 10.4. The van der Waals surface area contributed by atoms with E-state index in [2.05, 4.69) is 51.4 Å². The average Bonchev–Trinajstić information content (AvgIpc) is 3.24. The fourth-order valence-electron chi connectivity index (χ4n) is 5.14. The van der Waals surface area contributed by atoms with Crippen molar-refractivity contribution in [2.75, 3.05) is 116 Å². The van der Waals surface area contributed by atoms with Crippen molar-refractivity contribution in [2.24, 2.45) is 10.2 Å². The predicted octanol–water partition coefficient (Wildman–Crippen LogP) is 5.63. The van der Waals surface area contributed by atoms with Crippen LogP contribution in [-0.4, -0.2) is 132 Å². The lowest BCUT2D eigenvalue weighted by Crippen LogP contribution is -2.41. The number of anilines is 3. The van der Waals surface area contributed by atoms with Gasteiger partial charge in [-0.25, -0.2) is 19.6 Å². The average molecular weight is 916 g/mol. The van der Waals surface area contributed by atoms with Crippen LogP contribution in [0.25, 0.3) is 0 Å². The van der Waals surface area contributed by atoms with Crippen molar-refractivity contribution in [3.8, 4) is 5.75 Å². The number of carbonyl (C=O) groups is 2. The first kappa shape index (κ1) is 58.7. The number of methoxy groups -OCH3 is 3. The fraction of sp³-hybridized carbons (Fsp3) is 0.488. The summed E-state index contributed by atoms with van der Waals surface area (Å²) in [5.74, 6) is 0.603. The van der Waals surface area contributed by atoms with Gasteiger partial charge in [0.2, 0.25) is 11.9 Å². The second-order valence-electron chi connectivity index (χ2n) is 12.6. The highest BCUT2D eigenvalue weighted by Gasteiger charge is 2.12. The molecule has 4 rings (SSSR count). The van der Waals surface area contributed by atoms with Gasteiger partial charge in [0.25, 0.3) is 11.1 Å². The van der Waals surface area contributed by atoms with Crippen LogP contribution in [0.4, 0.5) is 38.5 Å². The third-order valence-corrected chi connectivity index (χ3v) is 8.06. The number of nitrogens with one attached hydrogen (secondary N) is 6. The van der Waals surface area contributed by atoms with E-state index in [1.165, 1.54) is 12.1 Å². The largest absolute Gasteiger partial charge is 0.497 e. The minimum Gasteiger partial charge on any atom is -0.497 e. The van der Waals surface area contributed by atoms with Crippen molar-refractivity contribution < 1.29 is 42.7 Å². The summed E-state index contributed by atoms with van der Waals surface area (Å²) in [7, 11) is 4.75. The Bertz CT molecular complexity index is 1960. The third-order valence-electron chi connectivity index (χ3n) is 8.06. The molecule has 0 radical (unpaired) electrons. The van der Waals surface area contributed by atoms with E-state index >= 15 is 0 Å². The van der Waals surface area contributed by atoms with Gasteiger partial charge in [0.1, 0.15) is 5.75 Å². The molecule has 4 aromatic rings. The third kappa shape index (κ3) is 23.8. The van der Waals surface area contributed by atoms with Crippen LogP contribution in [0.3, 0.4) is 0 Å². The number of aromatic amines is 2. The second kappa shape index (κ2) is 34.2. The van der Waals surface area contributed by atoms with Crippen molar-refractivity contribution in [3.05, 3.63) is 92.8 Å². The van der Waals surface area contributed by atoms with Crippen LogP contribution in [-0.2, 0) is 41.6 Å². The zero-order valence-electron chi connectivity index (χ0n) is 34.4. The van der Waals surface area contributed by atoms with E-state index in [1.54, 1.807) is 57.7 Å². The van der Waals surface area contributed by atoms with Gasteiger partial charge >= 0.3 is 12.1 Å². The predicted molar refractivity (Wildman–Crippen MR) is 251 cm³/mol. The van der Waals surface area contributed by atoms with Crippen LogP contribution < -0.4 is 42.0 Å². The Morgan fingerprint density at radius 1 is 0.585 bits per heavy atom. The highest BCUT2D eigenvalue weighted by Crippen LogP contribution is 2.23. The number of amides is 4. The molecule has 0 aliphatic heterocycles. The molecule has 0 spiro atoms. The van der Waals surface area contributed by atoms with E-state index in [9.17, 15) is 19.2 Å². The SMILES string of the molecule is C.C.C.C.COCCOCCOCc1cc(=O)[nH]c(NC(=O)NCCN(CCNC(=O)Nc2nc(COCCOCCOC)cc(=O)[nH]2)c2ccc(N=Nc3ccc(OC)cc3)cc2)n1. The lowest BCUT2D eigenvalue weighted by molar-refractivity contribution is 0.0192. The molecule has 362 valence electrons. The standard InChI is InChI=1S/C39H53N11O11.4CH4/c1-55-16-18-58-20-22-60-26-30-24-34(51)44-36(42-30)46-38(53)40-12-14-50(32-8-4-28(5-9-32)48-49-29-6-10-33(57-3)11-7-29)15-13-41-39(54)47-37-43-31(25-35(52)45-37)27-61-23-21-59-19-17-56-2;;;;/h4-11,24-25H,12-23,26-27H2,1-3H3,(H3,40,42,44,46,51,53)(H3,41,43,45,47,52,54);4*1H4. The summed E-state index contributed by atoms with van der Waals surface area (Å²) in [6, 6.07) is 15.7. The molecule has 22 nitrogen and oxygen atoms in total. The maximum absolute atomic E-state index is 12.9. The molecule has 2 aromatic heterocycles. The number of urea groups is 2. The first-order chi connectivity index (χ1) is 29.7. The second-order valence-corrected chi connectivity index (χ2v) is 12.6. The fourth-order valence-corrected chi connectivity index (χ4v) is 5.14. The molecule has 22 heteroatoms. The van der Waals surface area contributed by atoms with Gasteiger partial charge in [-0.2, -0.15) is 10.2 Å². The Kier molecular flexibility index (Phi) is 30.8. The molecular weight excluding hydrogens is 847 g/mol. The van der Waals surface area contributed by atoms with Crippen LogP contribution in [0.2, 0.25) is 0 Å². The van der Waals surface area contributed by atoms with Crippen molar-refractivity contribution in [3.63, 3.8) is 0 Å². The maximum Gasteiger partial charge on any atom is 0.321 e. The Morgan fingerprint density at radius 3 is 1.40 bits per heavy atom. The van der Waals surface area contributed by atoms with Gasteiger partial charge in [-0.1, -0.05) is 29.7 Å². The quantitative estimate of drug-likeness (QED) is 0.0298. The Hall–Kier alpha value is -6.30. The molecule has 0 aliphatic carbocycles. The zero-order valence-corrected chi connectivity index (χ0v) is 34.4. The summed E-state index contributed by atoms with van der Waals surface area (Å²) in [6.07, 6.45) is 0. The number of hydrogen-bond donors (Lipinski definition) is 6. The lowest BCUT2D eigenvalue weighted by Gasteiger charge is -2.25. The highest BCUT2D eigenvalue weighted by atomic mass is 16.5. The minimum atomic E-state index is -0.607. The summed E-state index contributed by atoms with van der Waals surface area (Å²) in [4.78, 5) is 65.6. The molecular formula is C43H69N11O11. The smallest absolute Gasteiger partial charge is 0.321 e. The van der Waals surface area contributed by atoms with Gasteiger partial charge in [0.05, 0.1) is 95.9 Å². The van der Waals surface area contributed by atoms with Gasteiger partial charge in [0, 0.05) is 58.2 Å². The van der Waals surface area contributed by atoms with E-state index in [-0.39, 0.29) is 81.1 Å². The van der Waals surface area contributed by atoms with E-state index in [0.717, 1.165) is 5.69 Å². The molecule has 2 heterocycles. The lowest BCUT2D eigenvalue weighted by atomic mass is 10.2. The van der Waals surface area contributed by atoms with E-state index in [4.69, 9.17) is 33.2 Å². The van der Waals surface area contributed by atoms with Gasteiger partial charge in [0.15, 0.2) is 0 Å². The van der Waals surface area contributed by atoms with Gasteiger partial charge in [-0.05, 0) is 48.5 Å². The molecule has 0 aliphatic rings. The molecule has 0 atom stereocenters. The van der Waals surface area contributed by atoms with Crippen LogP contribution >= 0.6 is 0 Å². The van der Waals surface area contributed by atoms with Crippen molar-refractivity contribution in [2.45, 2.75) is 42.9 Å². The molecule has 0 saturated heterocycles. The van der Waals surface area contributed by atoms with Crippen molar-refractivity contribution in [1.82, 2.24) is 30.6 Å². The minimum absolute atomic E-state index is 0. The molecule has 4 amide bonds. The van der Waals surface area contributed by atoms with Gasteiger partial charge in [-0.3, -0.25) is 30.2 Å². The molecule has 2 aromatic carbocycles. The number of azo groups is 1. The number of hydrogen-bond acceptors (Lipinski definition) is 16. The first-order valence-corrected chi connectivity index (χ1v) is 19.2. The van der Waals surface area contributed by atoms with Crippen LogP contribution in [0.5, 0.6) is 5.75 Å². The van der Waals surface area contributed by atoms with Gasteiger partial charge < -0.3 is 48.7 Å². The molecule has 6 N–H and O–H groups in total. The number of nitrogens with zero attached hydrogens (tertiary/aromatic N) is 5. The summed E-state index contributed by atoms with van der Waals surface area (Å²) < 4.78 is 36.8. The highest BCUT2D eigenvalue weighted by molar-refractivity contribution is 5.87. The summed E-state index contributed by atoms with van der Waals surface area (Å²) in [5, 5.41) is 19.2. The monoisotopic (exact) mass is 916 g/mol. The van der Waals surface area contributed by atoms with Crippen molar-refractivity contribution in [1.29, 1.82) is 0 Å². The first-order valence-electron chi connectivity index (χ1n) is 19.2. The molecule has 0 fully saturated rings. The number of aromatic nitrogens is 4. The van der Waals surface area contributed by atoms with E-state index in [0.29, 0.717) is 81.2 Å². The molecule has 65 heavy (non-hydrogen) atoms.